The van der Waals surface area contributed by atoms with Crippen LogP contribution in [0, 0.1) is 13.8 Å². The molecule has 2 aromatic rings. The predicted molar refractivity (Wildman–Crippen MR) is 101 cm³/mol. The average Bonchev–Trinajstić information content (AvgIpc) is 2.55. The number of rotatable bonds is 7. The maximum absolute atomic E-state index is 12.2. The lowest BCUT2D eigenvalue weighted by molar-refractivity contribution is -0.116. The second kappa shape index (κ2) is 8.25. The van der Waals surface area contributed by atoms with Crippen LogP contribution >= 0.6 is 0 Å². The summed E-state index contributed by atoms with van der Waals surface area (Å²) in [5, 5.41) is 7.68. The summed E-state index contributed by atoms with van der Waals surface area (Å²) in [4.78, 5) is 24.2. The molecule has 0 heterocycles. The van der Waals surface area contributed by atoms with Gasteiger partial charge in [-0.1, -0.05) is 24.3 Å². The number of nitrogens with one attached hydrogen (secondary N) is 1. The summed E-state index contributed by atoms with van der Waals surface area (Å²) in [6, 6.07) is 11.9. The lowest BCUT2D eigenvalue weighted by Crippen LogP contribution is -2.15. The van der Waals surface area contributed by atoms with Crippen molar-refractivity contribution in [2.24, 2.45) is 5.14 Å². The summed E-state index contributed by atoms with van der Waals surface area (Å²) < 4.78 is 22.1. The van der Waals surface area contributed by atoms with Crippen molar-refractivity contribution in [2.75, 3.05) is 5.32 Å². The molecule has 7 heteroatoms. The monoisotopic (exact) mass is 374 g/mol. The van der Waals surface area contributed by atoms with Gasteiger partial charge in [0.2, 0.25) is 15.9 Å². The van der Waals surface area contributed by atoms with Crippen LogP contribution in [0.1, 0.15) is 39.9 Å². The first-order valence-corrected chi connectivity index (χ1v) is 9.85. The molecule has 0 spiro atoms. The van der Waals surface area contributed by atoms with Gasteiger partial charge in [0.25, 0.3) is 0 Å². The van der Waals surface area contributed by atoms with Crippen LogP contribution in [0.4, 0.5) is 5.69 Å². The maximum Gasteiger partial charge on any atom is 0.224 e. The van der Waals surface area contributed by atoms with E-state index in [-0.39, 0.29) is 30.3 Å². The van der Waals surface area contributed by atoms with Crippen molar-refractivity contribution in [1.82, 2.24) is 0 Å². The Labute approximate surface area is 153 Å². The van der Waals surface area contributed by atoms with Gasteiger partial charge in [0.05, 0.1) is 5.75 Å². The van der Waals surface area contributed by atoms with Gasteiger partial charge >= 0.3 is 0 Å². The minimum atomic E-state index is -3.59. The summed E-state index contributed by atoms with van der Waals surface area (Å²) in [6.45, 7) is 3.92. The van der Waals surface area contributed by atoms with Crippen LogP contribution in [0.15, 0.2) is 42.5 Å². The van der Waals surface area contributed by atoms with E-state index in [1.54, 1.807) is 30.3 Å². The summed E-state index contributed by atoms with van der Waals surface area (Å²) in [5.41, 5.74) is 3.83. The number of primary sulfonamides is 1. The van der Waals surface area contributed by atoms with E-state index in [0.29, 0.717) is 16.8 Å². The fourth-order valence-corrected chi connectivity index (χ4v) is 3.08. The first-order chi connectivity index (χ1) is 12.1. The number of hydrogen-bond acceptors (Lipinski definition) is 4. The molecule has 3 N–H and O–H groups in total. The van der Waals surface area contributed by atoms with Gasteiger partial charge < -0.3 is 5.32 Å². The number of carbonyl (C=O) groups excluding carboxylic acids is 2. The topological polar surface area (TPSA) is 106 Å². The first-order valence-electron chi connectivity index (χ1n) is 8.14. The Bertz CT molecular complexity index is 919. The molecule has 0 aliphatic carbocycles. The molecule has 0 fully saturated rings. The minimum absolute atomic E-state index is 0.0741. The number of ketones is 1. The molecule has 0 saturated heterocycles. The van der Waals surface area contributed by atoms with Crippen LogP contribution < -0.4 is 10.5 Å². The quantitative estimate of drug-likeness (QED) is 0.727. The molecule has 6 nitrogen and oxygen atoms in total. The van der Waals surface area contributed by atoms with Crippen molar-refractivity contribution in [1.29, 1.82) is 0 Å². The summed E-state index contributed by atoms with van der Waals surface area (Å²) in [7, 11) is -3.59. The molecule has 0 unspecified atom stereocenters. The molecule has 2 rings (SSSR count). The zero-order chi connectivity index (χ0) is 19.3. The van der Waals surface area contributed by atoms with E-state index < -0.39 is 10.0 Å². The number of sulfonamides is 1. The molecule has 2 aromatic carbocycles. The summed E-state index contributed by atoms with van der Waals surface area (Å²) in [6.07, 6.45) is 0.197. The molecule has 0 aromatic heterocycles. The van der Waals surface area contributed by atoms with E-state index in [1.165, 1.54) is 0 Å². The van der Waals surface area contributed by atoms with E-state index in [4.69, 9.17) is 5.14 Å². The number of benzene rings is 2. The normalized spacial score (nSPS) is 11.2. The third kappa shape index (κ3) is 6.09. The summed E-state index contributed by atoms with van der Waals surface area (Å²) >= 11 is 0. The molecule has 26 heavy (non-hydrogen) atoms. The number of anilines is 1. The Morgan fingerprint density at radius 3 is 2.19 bits per heavy atom. The van der Waals surface area contributed by atoms with E-state index in [2.05, 4.69) is 5.32 Å². The van der Waals surface area contributed by atoms with Crippen molar-refractivity contribution >= 4 is 27.4 Å². The summed E-state index contributed by atoms with van der Waals surface area (Å²) in [5.74, 6) is -0.612. The largest absolute Gasteiger partial charge is 0.326 e. The number of hydrogen-bond donors (Lipinski definition) is 2. The standard InChI is InChI=1S/C19H22N2O4S/c1-13-3-6-16(11-14(13)2)18(22)9-10-19(23)21-17-7-4-15(5-8-17)12-26(20,24)25/h3-8,11H,9-10,12H2,1-2H3,(H,21,23)(H2,20,24,25). The van der Waals surface area contributed by atoms with Crippen molar-refractivity contribution < 1.29 is 18.0 Å². The van der Waals surface area contributed by atoms with Crippen LogP contribution in [0.2, 0.25) is 0 Å². The Morgan fingerprint density at radius 1 is 0.962 bits per heavy atom. The molecule has 0 aliphatic heterocycles. The molecule has 0 saturated carbocycles. The smallest absolute Gasteiger partial charge is 0.224 e. The number of aryl methyl sites for hydroxylation is 2. The lowest BCUT2D eigenvalue weighted by Gasteiger charge is -2.07. The third-order valence-electron chi connectivity index (χ3n) is 4.01. The SMILES string of the molecule is Cc1ccc(C(=O)CCC(=O)Nc2ccc(CS(N)(=O)=O)cc2)cc1C. The molecule has 138 valence electrons. The van der Waals surface area contributed by atoms with Crippen molar-refractivity contribution in [3.05, 3.63) is 64.7 Å². The molecule has 1 amide bonds. The van der Waals surface area contributed by atoms with Gasteiger partial charge in [0.15, 0.2) is 5.78 Å². The third-order valence-corrected chi connectivity index (χ3v) is 4.75. The Kier molecular flexibility index (Phi) is 6.28. The molecule has 0 aliphatic rings. The zero-order valence-corrected chi connectivity index (χ0v) is 15.6. The number of Topliss-reactive ketones (excluding diaryl/α,β-unsaturated/α-hetero) is 1. The second-order valence-corrected chi connectivity index (χ2v) is 7.89. The Balaban J connectivity index is 1.88. The number of carbonyl (C=O) groups is 2. The molecule has 0 radical (unpaired) electrons. The highest BCUT2D eigenvalue weighted by atomic mass is 32.2. The minimum Gasteiger partial charge on any atom is -0.326 e. The van der Waals surface area contributed by atoms with Crippen LogP contribution in [0.5, 0.6) is 0 Å². The fraction of sp³-hybridized carbons (Fsp3) is 0.263. The maximum atomic E-state index is 12.2. The molecular weight excluding hydrogens is 352 g/mol. The van der Waals surface area contributed by atoms with Crippen molar-refractivity contribution in [2.45, 2.75) is 32.4 Å². The van der Waals surface area contributed by atoms with Gasteiger partial charge in [0, 0.05) is 24.1 Å². The zero-order valence-electron chi connectivity index (χ0n) is 14.8. The predicted octanol–water partition coefficient (Wildman–Crippen LogP) is 2.69. The van der Waals surface area contributed by atoms with Gasteiger partial charge in [-0.3, -0.25) is 9.59 Å². The van der Waals surface area contributed by atoms with E-state index in [9.17, 15) is 18.0 Å². The van der Waals surface area contributed by atoms with Crippen molar-refractivity contribution in [3.63, 3.8) is 0 Å². The van der Waals surface area contributed by atoms with E-state index >= 15 is 0 Å². The first kappa shape index (κ1) is 19.8. The molecule has 0 bridgehead atoms. The highest BCUT2D eigenvalue weighted by Gasteiger charge is 2.11. The van der Waals surface area contributed by atoms with E-state index in [1.807, 2.05) is 26.0 Å². The van der Waals surface area contributed by atoms with Crippen LogP contribution in [-0.4, -0.2) is 20.1 Å². The van der Waals surface area contributed by atoms with Gasteiger partial charge in [-0.05, 0) is 48.7 Å². The van der Waals surface area contributed by atoms with Crippen molar-refractivity contribution in [3.8, 4) is 0 Å². The van der Waals surface area contributed by atoms with Crippen LogP contribution in [0.25, 0.3) is 0 Å². The van der Waals surface area contributed by atoms with Gasteiger partial charge in [-0.2, -0.15) is 0 Å². The molecular formula is C19H22N2O4S. The van der Waals surface area contributed by atoms with Gasteiger partial charge in [0.1, 0.15) is 0 Å². The Hall–Kier alpha value is -2.51. The van der Waals surface area contributed by atoms with Gasteiger partial charge in [-0.15, -0.1) is 0 Å². The van der Waals surface area contributed by atoms with E-state index in [0.717, 1.165) is 11.1 Å². The molecule has 0 atom stereocenters. The van der Waals surface area contributed by atoms with Gasteiger partial charge in [-0.25, -0.2) is 13.6 Å². The fourth-order valence-electron chi connectivity index (χ4n) is 2.43. The Morgan fingerprint density at radius 2 is 1.62 bits per heavy atom. The second-order valence-electron chi connectivity index (χ2n) is 6.27. The number of amides is 1. The lowest BCUT2D eigenvalue weighted by atomic mass is 10.0. The highest BCUT2D eigenvalue weighted by molar-refractivity contribution is 7.88. The van der Waals surface area contributed by atoms with Crippen LogP contribution in [-0.2, 0) is 20.6 Å². The van der Waals surface area contributed by atoms with Crippen LogP contribution in [0.3, 0.4) is 0 Å². The number of nitrogens with two attached hydrogens (primary N) is 1. The average molecular weight is 374 g/mol. The highest BCUT2D eigenvalue weighted by Crippen LogP contribution is 2.14.